The topological polar surface area (TPSA) is 75.3 Å². The molecule has 5 nitrogen and oxygen atoms in total. The number of nitrogens with one attached hydrogen (secondary N) is 2. The van der Waals surface area contributed by atoms with Crippen molar-refractivity contribution in [2.75, 3.05) is 17.6 Å². The van der Waals surface area contributed by atoms with Crippen molar-refractivity contribution in [3.05, 3.63) is 30.3 Å². The lowest BCUT2D eigenvalue weighted by molar-refractivity contribution is -0.117. The van der Waals surface area contributed by atoms with E-state index in [0.29, 0.717) is 13.0 Å². The van der Waals surface area contributed by atoms with Gasteiger partial charge in [-0.1, -0.05) is 18.2 Å². The molecule has 2 N–H and O–H groups in total. The van der Waals surface area contributed by atoms with Gasteiger partial charge in [0.15, 0.2) is 9.84 Å². The van der Waals surface area contributed by atoms with Crippen LogP contribution >= 0.6 is 0 Å². The lowest BCUT2D eigenvalue weighted by atomic mass is 10.2. The van der Waals surface area contributed by atoms with Gasteiger partial charge in [-0.05, 0) is 31.9 Å². The molecule has 6 heteroatoms. The molecule has 1 aromatic rings. The van der Waals surface area contributed by atoms with Crippen LogP contribution in [-0.4, -0.2) is 37.9 Å². The number of carbonyl (C=O) groups excluding carboxylic acids is 1. The highest BCUT2D eigenvalue weighted by molar-refractivity contribution is 7.92. The molecule has 1 aliphatic rings. The van der Waals surface area contributed by atoms with Crippen molar-refractivity contribution in [3.63, 3.8) is 0 Å². The molecule has 1 saturated heterocycles. The molecular weight excluding hydrogens is 276 g/mol. The van der Waals surface area contributed by atoms with Crippen LogP contribution in [0.5, 0.6) is 0 Å². The van der Waals surface area contributed by atoms with E-state index in [0.717, 1.165) is 12.1 Å². The number of benzene rings is 1. The van der Waals surface area contributed by atoms with E-state index >= 15 is 0 Å². The highest BCUT2D eigenvalue weighted by Gasteiger charge is 2.31. The Labute approximate surface area is 119 Å². The largest absolute Gasteiger partial charge is 0.325 e. The number of sulfone groups is 1. The number of rotatable bonds is 5. The molecular formula is C14H20N2O3S. The van der Waals surface area contributed by atoms with E-state index in [9.17, 15) is 13.2 Å². The van der Waals surface area contributed by atoms with E-state index < -0.39 is 15.9 Å². The van der Waals surface area contributed by atoms with Gasteiger partial charge in [0.1, 0.15) is 0 Å². The zero-order chi connectivity index (χ0) is 14.6. The normalized spacial score (nSPS) is 22.4. The SMILES string of the molecule is CC(NCC1CCCS1(=O)=O)C(=O)Nc1ccccc1. The van der Waals surface area contributed by atoms with E-state index in [2.05, 4.69) is 10.6 Å². The van der Waals surface area contributed by atoms with Crippen LogP contribution in [0.3, 0.4) is 0 Å². The molecule has 0 aliphatic carbocycles. The third kappa shape index (κ3) is 3.80. The number of carbonyl (C=O) groups is 1. The first-order chi connectivity index (χ1) is 9.49. The number of anilines is 1. The van der Waals surface area contributed by atoms with E-state index in [1.807, 2.05) is 30.3 Å². The molecule has 0 spiro atoms. The van der Waals surface area contributed by atoms with Gasteiger partial charge in [-0.15, -0.1) is 0 Å². The molecule has 2 atom stereocenters. The van der Waals surface area contributed by atoms with E-state index in [1.165, 1.54) is 0 Å². The molecule has 0 bridgehead atoms. The maximum atomic E-state index is 12.0. The minimum atomic E-state index is -2.96. The fourth-order valence-electron chi connectivity index (χ4n) is 2.26. The lowest BCUT2D eigenvalue weighted by Crippen LogP contribution is -2.42. The molecule has 1 aromatic carbocycles. The summed E-state index contributed by atoms with van der Waals surface area (Å²) < 4.78 is 23.4. The Bertz CT molecular complexity index is 557. The zero-order valence-corrected chi connectivity index (χ0v) is 12.3. The molecule has 0 aromatic heterocycles. The highest BCUT2D eigenvalue weighted by atomic mass is 32.2. The Balaban J connectivity index is 1.83. The van der Waals surface area contributed by atoms with Crippen molar-refractivity contribution in [1.29, 1.82) is 0 Å². The second-order valence-electron chi connectivity index (χ2n) is 5.12. The minimum absolute atomic E-state index is 0.161. The number of hydrogen-bond donors (Lipinski definition) is 2. The van der Waals surface area contributed by atoms with Gasteiger partial charge in [-0.25, -0.2) is 8.42 Å². The average molecular weight is 296 g/mol. The summed E-state index contributed by atoms with van der Waals surface area (Å²) in [5, 5.41) is 5.44. The molecule has 2 unspecified atom stereocenters. The van der Waals surface area contributed by atoms with Crippen LogP contribution in [-0.2, 0) is 14.6 Å². The monoisotopic (exact) mass is 296 g/mol. The van der Waals surface area contributed by atoms with Crippen LogP contribution in [0.15, 0.2) is 30.3 Å². The van der Waals surface area contributed by atoms with Gasteiger partial charge in [0.2, 0.25) is 5.91 Å². The lowest BCUT2D eigenvalue weighted by Gasteiger charge is -2.16. The maximum absolute atomic E-state index is 12.0. The first kappa shape index (κ1) is 15.0. The standard InChI is InChI=1S/C14H20N2O3S/c1-11(14(17)16-12-6-3-2-4-7-12)15-10-13-8-5-9-20(13,18)19/h2-4,6-7,11,13,15H,5,8-10H2,1H3,(H,16,17). The molecule has 110 valence electrons. The molecule has 1 fully saturated rings. The number of amides is 1. The van der Waals surface area contributed by atoms with Gasteiger partial charge in [0.05, 0.1) is 17.0 Å². The van der Waals surface area contributed by atoms with Crippen LogP contribution in [0.25, 0.3) is 0 Å². The molecule has 20 heavy (non-hydrogen) atoms. The third-order valence-corrected chi connectivity index (χ3v) is 5.82. The van der Waals surface area contributed by atoms with E-state index in [1.54, 1.807) is 6.92 Å². The molecule has 2 rings (SSSR count). The van der Waals surface area contributed by atoms with E-state index in [-0.39, 0.29) is 16.9 Å². The molecule has 1 amide bonds. The summed E-state index contributed by atoms with van der Waals surface area (Å²) in [5.41, 5.74) is 0.736. The quantitative estimate of drug-likeness (QED) is 0.855. The van der Waals surface area contributed by atoms with Gasteiger partial charge in [-0.3, -0.25) is 4.79 Å². The fraction of sp³-hybridized carbons (Fsp3) is 0.500. The summed E-state index contributed by atoms with van der Waals surface area (Å²) in [6.45, 7) is 2.07. The maximum Gasteiger partial charge on any atom is 0.241 e. The summed E-state index contributed by atoms with van der Waals surface area (Å²) in [6, 6.07) is 8.77. The Morgan fingerprint density at radius 3 is 2.65 bits per heavy atom. The Morgan fingerprint density at radius 1 is 1.35 bits per heavy atom. The predicted molar refractivity (Wildman–Crippen MR) is 79.3 cm³/mol. The van der Waals surface area contributed by atoms with Crippen LogP contribution in [0.4, 0.5) is 5.69 Å². The molecule has 0 radical (unpaired) electrons. The van der Waals surface area contributed by atoms with Gasteiger partial charge >= 0.3 is 0 Å². The summed E-state index contributed by atoms with van der Waals surface area (Å²) >= 11 is 0. The summed E-state index contributed by atoms with van der Waals surface area (Å²) in [7, 11) is -2.96. The summed E-state index contributed by atoms with van der Waals surface area (Å²) in [4.78, 5) is 12.0. The van der Waals surface area contributed by atoms with Crippen LogP contribution in [0, 0.1) is 0 Å². The van der Waals surface area contributed by atoms with Gasteiger partial charge in [0, 0.05) is 12.2 Å². The second kappa shape index (κ2) is 6.37. The smallest absolute Gasteiger partial charge is 0.241 e. The molecule has 0 saturated carbocycles. The summed E-state index contributed by atoms with van der Waals surface area (Å²) in [5.74, 6) is 0.107. The Kier molecular flexibility index (Phi) is 4.77. The van der Waals surface area contributed by atoms with Crippen molar-refractivity contribution in [2.45, 2.75) is 31.1 Å². The molecule has 1 aliphatic heterocycles. The highest BCUT2D eigenvalue weighted by Crippen LogP contribution is 2.19. The predicted octanol–water partition coefficient (Wildman–Crippen LogP) is 1.18. The Hall–Kier alpha value is -1.40. The van der Waals surface area contributed by atoms with Crippen molar-refractivity contribution >= 4 is 21.4 Å². The summed E-state index contributed by atoms with van der Waals surface area (Å²) in [6.07, 6.45) is 1.40. The van der Waals surface area contributed by atoms with Crippen molar-refractivity contribution in [3.8, 4) is 0 Å². The van der Waals surface area contributed by atoms with E-state index in [4.69, 9.17) is 0 Å². The fourth-order valence-corrected chi connectivity index (χ4v) is 4.04. The van der Waals surface area contributed by atoms with Crippen LogP contribution in [0.2, 0.25) is 0 Å². The first-order valence-corrected chi connectivity index (χ1v) is 8.51. The number of hydrogen-bond acceptors (Lipinski definition) is 4. The van der Waals surface area contributed by atoms with Crippen LogP contribution in [0.1, 0.15) is 19.8 Å². The average Bonchev–Trinajstić information content (AvgIpc) is 2.76. The minimum Gasteiger partial charge on any atom is -0.325 e. The third-order valence-electron chi connectivity index (χ3n) is 3.55. The van der Waals surface area contributed by atoms with Gasteiger partial charge in [-0.2, -0.15) is 0 Å². The Morgan fingerprint density at radius 2 is 2.05 bits per heavy atom. The number of para-hydroxylation sites is 1. The van der Waals surface area contributed by atoms with Crippen molar-refractivity contribution < 1.29 is 13.2 Å². The van der Waals surface area contributed by atoms with Crippen LogP contribution < -0.4 is 10.6 Å². The van der Waals surface area contributed by atoms with Gasteiger partial charge < -0.3 is 10.6 Å². The van der Waals surface area contributed by atoms with Crippen molar-refractivity contribution in [1.82, 2.24) is 5.32 Å². The first-order valence-electron chi connectivity index (χ1n) is 6.80. The van der Waals surface area contributed by atoms with Crippen molar-refractivity contribution in [2.24, 2.45) is 0 Å². The second-order valence-corrected chi connectivity index (χ2v) is 7.52. The molecule has 1 heterocycles. The zero-order valence-electron chi connectivity index (χ0n) is 11.5. The van der Waals surface area contributed by atoms with Gasteiger partial charge in [0.25, 0.3) is 0 Å².